The van der Waals surface area contributed by atoms with Gasteiger partial charge in [0.15, 0.2) is 0 Å². The van der Waals surface area contributed by atoms with Crippen LogP contribution in [0.3, 0.4) is 0 Å². The zero-order chi connectivity index (χ0) is 13.4. The Morgan fingerprint density at radius 2 is 1.75 bits per heavy atom. The molecule has 0 bridgehead atoms. The van der Waals surface area contributed by atoms with E-state index in [-0.39, 0.29) is 0 Å². The molecule has 2 nitrogen and oxygen atoms in total. The number of piperazine rings is 1. The summed E-state index contributed by atoms with van der Waals surface area (Å²) in [6, 6.07) is 11.5. The van der Waals surface area contributed by atoms with Crippen molar-refractivity contribution in [2.24, 2.45) is 17.8 Å². The molecular weight excluding hydrogens is 244 g/mol. The highest BCUT2D eigenvalue weighted by Crippen LogP contribution is 2.49. The van der Waals surface area contributed by atoms with Crippen LogP contribution < -0.4 is 5.32 Å². The van der Waals surface area contributed by atoms with Crippen LogP contribution in [-0.2, 0) is 0 Å². The first-order valence-corrected chi connectivity index (χ1v) is 8.41. The fourth-order valence-corrected chi connectivity index (χ4v) is 3.92. The van der Waals surface area contributed by atoms with Gasteiger partial charge in [0.2, 0.25) is 0 Å². The van der Waals surface area contributed by atoms with Crippen molar-refractivity contribution in [3.05, 3.63) is 35.9 Å². The van der Waals surface area contributed by atoms with E-state index in [0.717, 1.165) is 24.3 Å². The van der Waals surface area contributed by atoms with Crippen molar-refractivity contribution in [2.45, 2.75) is 31.7 Å². The lowest BCUT2D eigenvalue weighted by Crippen LogP contribution is -2.47. The Bertz CT molecular complexity index is 424. The molecule has 20 heavy (non-hydrogen) atoms. The van der Waals surface area contributed by atoms with Crippen LogP contribution in [0.1, 0.15) is 37.3 Å². The fraction of sp³-hybridized carbons (Fsp3) is 0.667. The lowest BCUT2D eigenvalue weighted by atomic mass is 9.96. The van der Waals surface area contributed by atoms with Crippen molar-refractivity contribution in [3.63, 3.8) is 0 Å². The zero-order valence-electron chi connectivity index (χ0n) is 12.3. The van der Waals surface area contributed by atoms with Gasteiger partial charge >= 0.3 is 0 Å². The summed E-state index contributed by atoms with van der Waals surface area (Å²) in [7, 11) is 0. The first-order valence-electron chi connectivity index (χ1n) is 8.41. The van der Waals surface area contributed by atoms with Crippen LogP contribution in [0.15, 0.2) is 30.3 Å². The summed E-state index contributed by atoms with van der Waals surface area (Å²) < 4.78 is 0. The van der Waals surface area contributed by atoms with E-state index in [0.29, 0.717) is 6.04 Å². The van der Waals surface area contributed by atoms with Crippen LogP contribution in [0, 0.1) is 17.8 Å². The van der Waals surface area contributed by atoms with Crippen LogP contribution in [0.4, 0.5) is 0 Å². The maximum absolute atomic E-state index is 3.69. The maximum Gasteiger partial charge on any atom is 0.0449 e. The molecule has 1 aromatic carbocycles. The molecule has 0 spiro atoms. The van der Waals surface area contributed by atoms with E-state index in [1.807, 2.05) is 0 Å². The summed E-state index contributed by atoms with van der Waals surface area (Å²) in [5.74, 6) is 3.17. The Morgan fingerprint density at radius 1 is 1.05 bits per heavy atom. The largest absolute Gasteiger partial charge is 0.308 e. The Morgan fingerprint density at radius 3 is 2.40 bits per heavy atom. The molecule has 1 aliphatic heterocycles. The van der Waals surface area contributed by atoms with E-state index < -0.39 is 0 Å². The Hall–Kier alpha value is -0.860. The third-order valence-electron chi connectivity index (χ3n) is 5.39. The monoisotopic (exact) mass is 270 g/mol. The van der Waals surface area contributed by atoms with Crippen molar-refractivity contribution in [3.8, 4) is 0 Å². The van der Waals surface area contributed by atoms with Crippen molar-refractivity contribution in [1.82, 2.24) is 10.2 Å². The van der Waals surface area contributed by atoms with Crippen molar-refractivity contribution < 1.29 is 0 Å². The molecule has 1 atom stereocenters. The second-order valence-electron chi connectivity index (χ2n) is 7.02. The average molecular weight is 270 g/mol. The molecule has 1 heterocycles. The number of benzene rings is 1. The van der Waals surface area contributed by atoms with Gasteiger partial charge < -0.3 is 5.32 Å². The number of hydrogen-bond acceptors (Lipinski definition) is 2. The lowest BCUT2D eigenvalue weighted by Gasteiger charge is -2.36. The second kappa shape index (κ2) is 5.50. The van der Waals surface area contributed by atoms with Gasteiger partial charge in [-0.05, 0) is 49.0 Å². The molecular formula is C18H26N2. The predicted molar refractivity (Wildman–Crippen MR) is 82.6 cm³/mol. The molecule has 0 aromatic heterocycles. The Labute approximate surface area is 122 Å². The van der Waals surface area contributed by atoms with Crippen LogP contribution in [-0.4, -0.2) is 31.1 Å². The normalized spacial score (nSPS) is 27.9. The molecule has 1 aromatic rings. The van der Waals surface area contributed by atoms with Gasteiger partial charge in [-0.25, -0.2) is 0 Å². The first kappa shape index (κ1) is 12.8. The lowest BCUT2D eigenvalue weighted by molar-refractivity contribution is 0.156. The van der Waals surface area contributed by atoms with Gasteiger partial charge in [0.25, 0.3) is 0 Å². The summed E-state index contributed by atoms with van der Waals surface area (Å²) in [5.41, 5.74) is 1.45. The van der Waals surface area contributed by atoms with E-state index in [1.54, 1.807) is 0 Å². The number of rotatable bonds is 5. The highest BCUT2D eigenvalue weighted by Gasteiger charge is 2.42. The maximum atomic E-state index is 3.69. The first-order chi connectivity index (χ1) is 9.90. The van der Waals surface area contributed by atoms with Gasteiger partial charge in [0, 0.05) is 32.2 Å². The summed E-state index contributed by atoms with van der Waals surface area (Å²) in [6.45, 7) is 4.93. The standard InChI is InChI=1S/C18H26N2/c1-2-4-16(5-3-1)18-13-20(11-10-19-18)12-17(14-6-7-14)15-8-9-15/h1-5,14-15,17-19H,6-13H2. The minimum absolute atomic E-state index is 0.531. The molecule has 2 saturated carbocycles. The molecule has 2 heteroatoms. The molecule has 1 saturated heterocycles. The smallest absolute Gasteiger partial charge is 0.0449 e. The molecule has 0 amide bonds. The minimum Gasteiger partial charge on any atom is -0.308 e. The molecule has 3 fully saturated rings. The van der Waals surface area contributed by atoms with E-state index >= 15 is 0 Å². The van der Waals surface area contributed by atoms with Gasteiger partial charge in [-0.1, -0.05) is 30.3 Å². The molecule has 3 aliphatic rings. The van der Waals surface area contributed by atoms with Crippen molar-refractivity contribution >= 4 is 0 Å². The van der Waals surface area contributed by atoms with E-state index in [2.05, 4.69) is 40.5 Å². The van der Waals surface area contributed by atoms with Crippen LogP contribution in [0.25, 0.3) is 0 Å². The van der Waals surface area contributed by atoms with Gasteiger partial charge in [0.05, 0.1) is 0 Å². The molecule has 0 radical (unpaired) electrons. The van der Waals surface area contributed by atoms with Crippen LogP contribution in [0.2, 0.25) is 0 Å². The summed E-state index contributed by atoms with van der Waals surface area (Å²) in [4.78, 5) is 2.73. The third kappa shape index (κ3) is 2.91. The topological polar surface area (TPSA) is 15.3 Å². The third-order valence-corrected chi connectivity index (χ3v) is 5.39. The van der Waals surface area contributed by atoms with Gasteiger partial charge in [-0.2, -0.15) is 0 Å². The highest BCUT2D eigenvalue weighted by atomic mass is 15.2. The quantitative estimate of drug-likeness (QED) is 0.884. The Balaban J connectivity index is 1.39. The fourth-order valence-electron chi connectivity index (χ4n) is 3.92. The van der Waals surface area contributed by atoms with E-state index in [9.17, 15) is 0 Å². The van der Waals surface area contributed by atoms with E-state index in [4.69, 9.17) is 0 Å². The minimum atomic E-state index is 0.531. The highest BCUT2D eigenvalue weighted by molar-refractivity contribution is 5.19. The van der Waals surface area contributed by atoms with Crippen molar-refractivity contribution in [1.29, 1.82) is 0 Å². The van der Waals surface area contributed by atoms with E-state index in [1.165, 1.54) is 50.9 Å². The SMILES string of the molecule is c1ccc(C2CN(CC(C3CC3)C3CC3)CCN2)cc1. The number of nitrogens with one attached hydrogen (secondary N) is 1. The average Bonchev–Trinajstić information content (AvgIpc) is 3.40. The molecule has 4 rings (SSSR count). The number of nitrogens with zero attached hydrogens (tertiary/aromatic N) is 1. The van der Waals surface area contributed by atoms with Crippen LogP contribution >= 0.6 is 0 Å². The van der Waals surface area contributed by atoms with Crippen molar-refractivity contribution in [2.75, 3.05) is 26.2 Å². The Kier molecular flexibility index (Phi) is 3.53. The summed E-state index contributed by atoms with van der Waals surface area (Å²) in [6.07, 6.45) is 6.04. The summed E-state index contributed by atoms with van der Waals surface area (Å²) >= 11 is 0. The van der Waals surface area contributed by atoms with Gasteiger partial charge in [-0.15, -0.1) is 0 Å². The van der Waals surface area contributed by atoms with Crippen LogP contribution in [0.5, 0.6) is 0 Å². The molecule has 108 valence electrons. The van der Waals surface area contributed by atoms with Gasteiger partial charge in [0.1, 0.15) is 0 Å². The molecule has 1 N–H and O–H groups in total. The second-order valence-corrected chi connectivity index (χ2v) is 7.02. The predicted octanol–water partition coefficient (Wildman–Crippen LogP) is 3.07. The molecule has 1 unspecified atom stereocenters. The number of hydrogen-bond donors (Lipinski definition) is 1. The van der Waals surface area contributed by atoms with Gasteiger partial charge in [-0.3, -0.25) is 4.90 Å². The summed E-state index contributed by atoms with van der Waals surface area (Å²) in [5, 5.41) is 3.69. The zero-order valence-corrected chi connectivity index (χ0v) is 12.3. The molecule has 2 aliphatic carbocycles.